The maximum absolute atomic E-state index is 5.32. The zero-order valence-electron chi connectivity index (χ0n) is 17.1. The fraction of sp³-hybridized carbons (Fsp3) is 0.619. The molecule has 1 aromatic carbocycles. The molecule has 0 amide bonds. The SMILES string of the molecule is CN=C(NCCCc1nc2ccccc2[nH]1)NCC1(CCOC)CCCC1.I. The van der Waals surface area contributed by atoms with Gasteiger partial charge in [-0.1, -0.05) is 25.0 Å². The van der Waals surface area contributed by atoms with E-state index in [2.05, 4.69) is 31.7 Å². The van der Waals surface area contributed by atoms with Gasteiger partial charge in [0.25, 0.3) is 0 Å². The lowest BCUT2D eigenvalue weighted by molar-refractivity contribution is 0.138. The van der Waals surface area contributed by atoms with Crippen LogP contribution in [-0.4, -0.2) is 49.8 Å². The van der Waals surface area contributed by atoms with Crippen LogP contribution in [0.15, 0.2) is 29.3 Å². The molecule has 1 aromatic heterocycles. The van der Waals surface area contributed by atoms with E-state index in [1.807, 2.05) is 25.2 Å². The lowest BCUT2D eigenvalue weighted by Gasteiger charge is -2.29. The van der Waals surface area contributed by atoms with Gasteiger partial charge in [-0.25, -0.2) is 4.98 Å². The fourth-order valence-corrected chi connectivity index (χ4v) is 4.04. The number of guanidine groups is 1. The van der Waals surface area contributed by atoms with E-state index in [1.54, 1.807) is 7.11 Å². The molecule has 3 rings (SSSR count). The molecular formula is C21H34IN5O. The van der Waals surface area contributed by atoms with E-state index in [1.165, 1.54) is 25.7 Å². The monoisotopic (exact) mass is 499 g/mol. The number of benzene rings is 1. The molecule has 3 N–H and O–H groups in total. The molecule has 0 atom stereocenters. The minimum atomic E-state index is 0. The minimum absolute atomic E-state index is 0. The van der Waals surface area contributed by atoms with Gasteiger partial charge in [0.2, 0.25) is 0 Å². The molecule has 1 heterocycles. The second kappa shape index (κ2) is 11.6. The van der Waals surface area contributed by atoms with Crippen LogP contribution in [0.5, 0.6) is 0 Å². The predicted octanol–water partition coefficient (Wildman–Crippen LogP) is 3.88. The number of aryl methyl sites for hydroxylation is 1. The van der Waals surface area contributed by atoms with Gasteiger partial charge < -0.3 is 20.4 Å². The van der Waals surface area contributed by atoms with Gasteiger partial charge in [-0.05, 0) is 43.2 Å². The maximum atomic E-state index is 5.32. The first-order chi connectivity index (χ1) is 13.2. The highest BCUT2D eigenvalue weighted by Crippen LogP contribution is 2.40. The van der Waals surface area contributed by atoms with Crippen LogP contribution in [0.3, 0.4) is 0 Å². The molecule has 0 radical (unpaired) electrons. The van der Waals surface area contributed by atoms with Gasteiger partial charge in [-0.3, -0.25) is 4.99 Å². The lowest BCUT2D eigenvalue weighted by Crippen LogP contribution is -2.43. The zero-order chi connectivity index (χ0) is 19.0. The van der Waals surface area contributed by atoms with Gasteiger partial charge >= 0.3 is 0 Å². The molecule has 1 fully saturated rings. The summed E-state index contributed by atoms with van der Waals surface area (Å²) in [6, 6.07) is 8.17. The van der Waals surface area contributed by atoms with E-state index in [0.717, 1.165) is 61.8 Å². The van der Waals surface area contributed by atoms with Crippen LogP contribution < -0.4 is 10.6 Å². The Balaban J connectivity index is 0.00000280. The fourth-order valence-electron chi connectivity index (χ4n) is 4.04. The number of aliphatic imine (C=N–C) groups is 1. The average molecular weight is 499 g/mol. The number of imidazole rings is 1. The quantitative estimate of drug-likeness (QED) is 0.212. The van der Waals surface area contributed by atoms with E-state index in [0.29, 0.717) is 5.41 Å². The smallest absolute Gasteiger partial charge is 0.190 e. The number of fused-ring (bicyclic) bond motifs is 1. The summed E-state index contributed by atoms with van der Waals surface area (Å²) in [5.41, 5.74) is 2.51. The molecule has 2 aromatic rings. The average Bonchev–Trinajstić information content (AvgIpc) is 3.33. The van der Waals surface area contributed by atoms with Crippen LogP contribution in [0.4, 0.5) is 0 Å². The summed E-state index contributed by atoms with van der Waals surface area (Å²) in [7, 11) is 3.63. The molecule has 1 aliphatic rings. The van der Waals surface area contributed by atoms with Crippen molar-refractivity contribution in [3.8, 4) is 0 Å². The van der Waals surface area contributed by atoms with Crippen molar-refractivity contribution in [2.24, 2.45) is 10.4 Å². The zero-order valence-corrected chi connectivity index (χ0v) is 19.4. The van der Waals surface area contributed by atoms with Crippen LogP contribution in [0.2, 0.25) is 0 Å². The summed E-state index contributed by atoms with van der Waals surface area (Å²) in [5.74, 6) is 1.94. The standard InChI is InChI=1S/C21H33N5O.HI/c1-22-20(24-16-21(13-15-27-2)11-5-6-12-21)23-14-7-10-19-25-17-8-3-4-9-18(17)26-19;/h3-4,8-9H,5-7,10-16H2,1-2H3,(H,25,26)(H2,22,23,24);1H. The number of hydrogen-bond donors (Lipinski definition) is 3. The Morgan fingerprint density at radius 1 is 1.25 bits per heavy atom. The van der Waals surface area contributed by atoms with Gasteiger partial charge in [0.1, 0.15) is 5.82 Å². The van der Waals surface area contributed by atoms with Crippen LogP contribution in [0.1, 0.15) is 44.3 Å². The van der Waals surface area contributed by atoms with Crippen molar-refractivity contribution >= 4 is 41.0 Å². The molecule has 1 saturated carbocycles. The first-order valence-electron chi connectivity index (χ1n) is 10.1. The highest BCUT2D eigenvalue weighted by molar-refractivity contribution is 14.0. The maximum Gasteiger partial charge on any atom is 0.190 e. The van der Waals surface area contributed by atoms with Gasteiger partial charge in [0, 0.05) is 40.3 Å². The van der Waals surface area contributed by atoms with Gasteiger partial charge in [-0.2, -0.15) is 0 Å². The minimum Gasteiger partial charge on any atom is -0.385 e. The Hall–Kier alpha value is -1.35. The van der Waals surface area contributed by atoms with Crippen LogP contribution in [-0.2, 0) is 11.2 Å². The molecule has 0 unspecified atom stereocenters. The molecule has 0 bridgehead atoms. The number of aromatic nitrogens is 2. The Labute approximate surface area is 185 Å². The van der Waals surface area contributed by atoms with E-state index >= 15 is 0 Å². The van der Waals surface area contributed by atoms with E-state index in [4.69, 9.17) is 4.74 Å². The van der Waals surface area contributed by atoms with Crippen molar-refractivity contribution in [2.75, 3.05) is 33.9 Å². The lowest BCUT2D eigenvalue weighted by atomic mass is 9.83. The van der Waals surface area contributed by atoms with E-state index in [9.17, 15) is 0 Å². The van der Waals surface area contributed by atoms with Crippen molar-refractivity contribution < 1.29 is 4.74 Å². The summed E-state index contributed by atoms with van der Waals surface area (Å²) in [4.78, 5) is 12.4. The van der Waals surface area contributed by atoms with Crippen molar-refractivity contribution in [3.05, 3.63) is 30.1 Å². The Kier molecular flexibility index (Phi) is 9.50. The molecule has 0 aliphatic heterocycles. The van der Waals surface area contributed by atoms with E-state index in [-0.39, 0.29) is 24.0 Å². The first kappa shape index (κ1) is 22.9. The first-order valence-corrected chi connectivity index (χ1v) is 10.1. The Bertz CT molecular complexity index is 706. The number of rotatable bonds is 9. The predicted molar refractivity (Wildman–Crippen MR) is 127 cm³/mol. The number of nitrogens with one attached hydrogen (secondary N) is 3. The summed E-state index contributed by atoms with van der Waals surface area (Å²) < 4.78 is 5.32. The highest BCUT2D eigenvalue weighted by atomic mass is 127. The molecule has 0 saturated heterocycles. The van der Waals surface area contributed by atoms with E-state index < -0.39 is 0 Å². The number of halogens is 1. The van der Waals surface area contributed by atoms with Gasteiger partial charge in [0.05, 0.1) is 11.0 Å². The summed E-state index contributed by atoms with van der Waals surface area (Å²) in [6.07, 6.45) is 8.29. The summed E-state index contributed by atoms with van der Waals surface area (Å²) in [6.45, 7) is 2.69. The second-order valence-corrected chi connectivity index (χ2v) is 7.61. The molecule has 7 heteroatoms. The molecule has 6 nitrogen and oxygen atoms in total. The highest BCUT2D eigenvalue weighted by Gasteiger charge is 2.33. The van der Waals surface area contributed by atoms with Gasteiger partial charge in [0.15, 0.2) is 5.96 Å². The number of methoxy groups -OCH3 is 1. The number of para-hydroxylation sites is 2. The number of aromatic amines is 1. The normalized spacial score (nSPS) is 16.1. The van der Waals surface area contributed by atoms with Gasteiger partial charge in [-0.15, -0.1) is 24.0 Å². The topological polar surface area (TPSA) is 74.3 Å². The molecule has 0 spiro atoms. The number of ether oxygens (including phenoxy) is 1. The largest absolute Gasteiger partial charge is 0.385 e. The molecular weight excluding hydrogens is 465 g/mol. The third-order valence-electron chi connectivity index (χ3n) is 5.68. The van der Waals surface area contributed by atoms with Crippen LogP contribution >= 0.6 is 24.0 Å². The van der Waals surface area contributed by atoms with Crippen molar-refractivity contribution in [1.82, 2.24) is 20.6 Å². The van der Waals surface area contributed by atoms with Crippen LogP contribution in [0.25, 0.3) is 11.0 Å². The number of hydrogen-bond acceptors (Lipinski definition) is 3. The number of H-pyrrole nitrogens is 1. The van der Waals surface area contributed by atoms with Crippen LogP contribution in [0, 0.1) is 5.41 Å². The van der Waals surface area contributed by atoms with Crippen molar-refractivity contribution in [3.63, 3.8) is 0 Å². The molecule has 28 heavy (non-hydrogen) atoms. The summed E-state index contributed by atoms with van der Waals surface area (Å²) in [5, 5.41) is 6.98. The molecule has 1 aliphatic carbocycles. The Morgan fingerprint density at radius 2 is 2.04 bits per heavy atom. The third kappa shape index (κ3) is 6.34. The van der Waals surface area contributed by atoms with Crippen molar-refractivity contribution in [2.45, 2.75) is 44.9 Å². The number of nitrogens with zero attached hydrogens (tertiary/aromatic N) is 2. The third-order valence-corrected chi connectivity index (χ3v) is 5.68. The second-order valence-electron chi connectivity index (χ2n) is 7.61. The Morgan fingerprint density at radius 3 is 2.75 bits per heavy atom. The molecule has 156 valence electrons. The van der Waals surface area contributed by atoms with Crippen molar-refractivity contribution in [1.29, 1.82) is 0 Å². The summed E-state index contributed by atoms with van der Waals surface area (Å²) >= 11 is 0.